The minimum Gasteiger partial charge on any atom is -0.398 e. The standard InChI is InChI=1S/C13H10Cl3NOS/c14-9-2-1-8(13(17)5-9)7-19(18)10-3-4-11(15)12(16)6-10/h1-6H,7,17H2. The third kappa shape index (κ3) is 3.63. The molecular weight excluding hydrogens is 325 g/mol. The van der Waals surface area contributed by atoms with Gasteiger partial charge < -0.3 is 5.73 Å². The maximum Gasteiger partial charge on any atom is 0.0604 e. The molecule has 0 aliphatic carbocycles. The first-order valence-electron chi connectivity index (χ1n) is 5.34. The number of benzene rings is 2. The van der Waals surface area contributed by atoms with Crippen LogP contribution in [-0.2, 0) is 16.6 Å². The van der Waals surface area contributed by atoms with Crippen molar-refractivity contribution in [1.82, 2.24) is 0 Å². The van der Waals surface area contributed by atoms with E-state index in [1.807, 2.05) is 0 Å². The number of halogens is 3. The summed E-state index contributed by atoms with van der Waals surface area (Å²) in [4.78, 5) is 0.615. The van der Waals surface area contributed by atoms with E-state index < -0.39 is 10.8 Å². The minimum atomic E-state index is -1.24. The first-order chi connectivity index (χ1) is 8.97. The van der Waals surface area contributed by atoms with Gasteiger partial charge in [0, 0.05) is 15.6 Å². The van der Waals surface area contributed by atoms with Crippen molar-refractivity contribution in [3.63, 3.8) is 0 Å². The van der Waals surface area contributed by atoms with Crippen LogP contribution in [0.1, 0.15) is 5.56 Å². The Hall–Kier alpha value is -0.740. The predicted molar refractivity (Wildman–Crippen MR) is 82.4 cm³/mol. The summed E-state index contributed by atoms with van der Waals surface area (Å²) in [6.07, 6.45) is 0. The zero-order valence-electron chi connectivity index (χ0n) is 9.70. The molecule has 100 valence electrons. The summed E-state index contributed by atoms with van der Waals surface area (Å²) >= 11 is 17.5. The van der Waals surface area contributed by atoms with E-state index in [9.17, 15) is 4.21 Å². The number of nitrogen functional groups attached to an aromatic ring is 1. The van der Waals surface area contributed by atoms with Gasteiger partial charge in [-0.2, -0.15) is 0 Å². The molecule has 0 aromatic heterocycles. The van der Waals surface area contributed by atoms with Gasteiger partial charge in [-0.3, -0.25) is 4.21 Å². The van der Waals surface area contributed by atoms with Crippen LogP contribution in [0, 0.1) is 0 Å². The van der Waals surface area contributed by atoms with Crippen molar-refractivity contribution < 1.29 is 4.21 Å². The third-order valence-corrected chi connectivity index (χ3v) is 4.88. The van der Waals surface area contributed by atoms with Crippen molar-refractivity contribution in [2.24, 2.45) is 0 Å². The summed E-state index contributed by atoms with van der Waals surface area (Å²) in [6.45, 7) is 0. The second-order valence-electron chi connectivity index (χ2n) is 3.91. The molecule has 0 amide bonds. The van der Waals surface area contributed by atoms with E-state index >= 15 is 0 Å². The van der Waals surface area contributed by atoms with Crippen LogP contribution in [0.5, 0.6) is 0 Å². The lowest BCUT2D eigenvalue weighted by atomic mass is 10.2. The van der Waals surface area contributed by atoms with Crippen LogP contribution in [-0.4, -0.2) is 4.21 Å². The summed E-state index contributed by atoms with van der Waals surface area (Å²) in [7, 11) is -1.24. The van der Waals surface area contributed by atoms with Crippen molar-refractivity contribution in [3.8, 4) is 0 Å². The maximum absolute atomic E-state index is 12.2. The predicted octanol–water partition coefficient (Wildman–Crippen LogP) is 4.54. The highest BCUT2D eigenvalue weighted by molar-refractivity contribution is 7.84. The molecular formula is C13H10Cl3NOS. The molecule has 2 rings (SSSR count). The molecule has 0 saturated carbocycles. The van der Waals surface area contributed by atoms with Crippen LogP contribution < -0.4 is 5.73 Å². The first kappa shape index (κ1) is 14.7. The van der Waals surface area contributed by atoms with Gasteiger partial charge in [0.05, 0.1) is 26.6 Å². The van der Waals surface area contributed by atoms with Gasteiger partial charge in [0.1, 0.15) is 0 Å². The lowest BCUT2D eigenvalue weighted by Gasteiger charge is -2.07. The molecule has 0 aliphatic heterocycles. The molecule has 2 aromatic carbocycles. The number of hydrogen-bond donors (Lipinski definition) is 1. The summed E-state index contributed by atoms with van der Waals surface area (Å²) in [6, 6.07) is 10.1. The minimum absolute atomic E-state index is 0.307. The molecule has 0 saturated heterocycles. The molecule has 0 fully saturated rings. The first-order valence-corrected chi connectivity index (χ1v) is 7.80. The Kier molecular flexibility index (Phi) is 4.74. The number of hydrogen-bond acceptors (Lipinski definition) is 2. The van der Waals surface area contributed by atoms with Gasteiger partial charge in [-0.05, 0) is 35.9 Å². The molecule has 2 nitrogen and oxygen atoms in total. The molecule has 0 bridgehead atoms. The Morgan fingerprint density at radius 3 is 2.37 bits per heavy atom. The van der Waals surface area contributed by atoms with Crippen LogP contribution in [0.2, 0.25) is 15.1 Å². The lowest BCUT2D eigenvalue weighted by molar-refractivity contribution is 0.682. The summed E-state index contributed by atoms with van der Waals surface area (Å²) < 4.78 is 12.2. The molecule has 19 heavy (non-hydrogen) atoms. The Morgan fingerprint density at radius 1 is 1.00 bits per heavy atom. The zero-order valence-corrected chi connectivity index (χ0v) is 12.8. The number of anilines is 1. The van der Waals surface area contributed by atoms with Crippen LogP contribution in [0.25, 0.3) is 0 Å². The van der Waals surface area contributed by atoms with Gasteiger partial charge in [-0.25, -0.2) is 0 Å². The van der Waals surface area contributed by atoms with Crippen molar-refractivity contribution in [2.75, 3.05) is 5.73 Å². The fraction of sp³-hybridized carbons (Fsp3) is 0.0769. The van der Waals surface area contributed by atoms with E-state index in [0.29, 0.717) is 31.4 Å². The highest BCUT2D eigenvalue weighted by atomic mass is 35.5. The fourth-order valence-electron chi connectivity index (χ4n) is 1.54. The maximum atomic E-state index is 12.2. The Labute approximate surface area is 128 Å². The van der Waals surface area contributed by atoms with Gasteiger partial charge in [-0.15, -0.1) is 0 Å². The van der Waals surface area contributed by atoms with Gasteiger partial charge in [0.25, 0.3) is 0 Å². The smallest absolute Gasteiger partial charge is 0.0604 e. The molecule has 2 aromatic rings. The van der Waals surface area contributed by atoms with E-state index in [1.165, 1.54) is 0 Å². The summed E-state index contributed by atoms with van der Waals surface area (Å²) in [5, 5.41) is 1.38. The van der Waals surface area contributed by atoms with Gasteiger partial charge >= 0.3 is 0 Å². The van der Waals surface area contributed by atoms with Crippen molar-refractivity contribution in [2.45, 2.75) is 10.6 Å². The van der Waals surface area contributed by atoms with Crippen LogP contribution in [0.15, 0.2) is 41.3 Å². The SMILES string of the molecule is Nc1cc(Cl)ccc1CS(=O)c1ccc(Cl)c(Cl)c1. The van der Waals surface area contributed by atoms with E-state index in [4.69, 9.17) is 40.5 Å². The normalized spacial score (nSPS) is 12.4. The second-order valence-corrected chi connectivity index (χ2v) is 6.61. The van der Waals surface area contributed by atoms with Gasteiger partial charge in [0.15, 0.2) is 0 Å². The molecule has 0 spiro atoms. The van der Waals surface area contributed by atoms with Crippen molar-refractivity contribution >= 4 is 51.3 Å². The highest BCUT2D eigenvalue weighted by Gasteiger charge is 2.10. The van der Waals surface area contributed by atoms with Gasteiger partial charge in [-0.1, -0.05) is 40.9 Å². The topological polar surface area (TPSA) is 43.1 Å². The van der Waals surface area contributed by atoms with Crippen molar-refractivity contribution in [1.29, 1.82) is 0 Å². The molecule has 6 heteroatoms. The molecule has 0 heterocycles. The van der Waals surface area contributed by atoms with Crippen LogP contribution >= 0.6 is 34.8 Å². The summed E-state index contributed by atoms with van der Waals surface area (Å²) in [5.74, 6) is 0.307. The molecule has 0 radical (unpaired) electrons. The Bertz CT molecular complexity index is 646. The average Bonchev–Trinajstić information content (AvgIpc) is 2.36. The molecule has 2 N–H and O–H groups in total. The van der Waals surface area contributed by atoms with E-state index in [0.717, 1.165) is 5.56 Å². The van der Waals surface area contributed by atoms with Crippen molar-refractivity contribution in [3.05, 3.63) is 57.0 Å². The van der Waals surface area contributed by atoms with Crippen LogP contribution in [0.4, 0.5) is 5.69 Å². The van der Waals surface area contributed by atoms with E-state index in [-0.39, 0.29) is 0 Å². The molecule has 0 aliphatic rings. The molecule has 1 unspecified atom stereocenters. The number of rotatable bonds is 3. The Balaban J connectivity index is 2.23. The Morgan fingerprint density at radius 2 is 1.74 bits per heavy atom. The average molecular weight is 335 g/mol. The third-order valence-electron chi connectivity index (χ3n) is 2.55. The zero-order chi connectivity index (χ0) is 14.0. The van der Waals surface area contributed by atoms with E-state index in [1.54, 1.807) is 36.4 Å². The highest BCUT2D eigenvalue weighted by Crippen LogP contribution is 2.26. The lowest BCUT2D eigenvalue weighted by Crippen LogP contribution is -2.00. The second kappa shape index (κ2) is 6.14. The van der Waals surface area contributed by atoms with Crippen LogP contribution in [0.3, 0.4) is 0 Å². The largest absolute Gasteiger partial charge is 0.398 e. The summed E-state index contributed by atoms with van der Waals surface area (Å²) in [5.41, 5.74) is 7.15. The molecule has 1 atom stereocenters. The monoisotopic (exact) mass is 333 g/mol. The van der Waals surface area contributed by atoms with E-state index in [2.05, 4.69) is 0 Å². The quantitative estimate of drug-likeness (QED) is 0.838. The fourth-order valence-corrected chi connectivity index (χ4v) is 3.26. The van der Waals surface area contributed by atoms with Gasteiger partial charge in [0.2, 0.25) is 0 Å². The number of nitrogens with two attached hydrogens (primary N) is 1.